The predicted octanol–water partition coefficient (Wildman–Crippen LogP) is -0.430. The van der Waals surface area contributed by atoms with E-state index in [9.17, 15) is 0 Å². The number of fused-ring (bicyclic) bond motifs is 1. The van der Waals surface area contributed by atoms with Crippen molar-refractivity contribution < 1.29 is 49.2 Å². The number of hydrogen-bond donors (Lipinski definition) is 0. The molecular formula is C21H17Cl2Hf. The molecule has 0 N–H and O–H groups in total. The average Bonchev–Trinajstić information content (AvgIpc) is 3.16. The molecule has 2 aliphatic rings. The maximum Gasteiger partial charge on any atom is -1.00 e. The van der Waals surface area contributed by atoms with Crippen LogP contribution in [0.25, 0.3) is 14.5 Å². The van der Waals surface area contributed by atoms with Crippen molar-refractivity contribution in [1.82, 2.24) is 0 Å². The van der Waals surface area contributed by atoms with Crippen LogP contribution in [0.15, 0.2) is 66.8 Å². The van der Waals surface area contributed by atoms with E-state index in [1.807, 2.05) is 0 Å². The summed E-state index contributed by atoms with van der Waals surface area (Å²) in [5, 5.41) is 0. The molecule has 2 aromatic carbocycles. The van der Waals surface area contributed by atoms with E-state index in [1.54, 1.807) is 8.90 Å². The first-order chi connectivity index (χ1) is 10.8. The Hall–Kier alpha value is -0.890. The van der Waals surface area contributed by atoms with E-state index in [2.05, 4.69) is 73.7 Å². The van der Waals surface area contributed by atoms with Gasteiger partial charge in [0.05, 0.1) is 0 Å². The quantitative estimate of drug-likeness (QED) is 0.474. The number of halogens is 2. The van der Waals surface area contributed by atoms with Crippen LogP contribution in [0.5, 0.6) is 0 Å². The Labute approximate surface area is 171 Å². The van der Waals surface area contributed by atoms with Gasteiger partial charge in [-0.25, -0.2) is 0 Å². The van der Waals surface area contributed by atoms with Gasteiger partial charge in [0.15, 0.2) is 0 Å². The fourth-order valence-corrected chi connectivity index (χ4v) is 5.94. The molecule has 0 aromatic heterocycles. The van der Waals surface area contributed by atoms with E-state index in [4.69, 9.17) is 0 Å². The van der Waals surface area contributed by atoms with Gasteiger partial charge >= 0.3 is 147 Å². The van der Waals surface area contributed by atoms with Crippen LogP contribution >= 0.6 is 0 Å². The van der Waals surface area contributed by atoms with Crippen molar-refractivity contribution in [3.63, 3.8) is 0 Å². The van der Waals surface area contributed by atoms with Crippen molar-refractivity contribution in [2.75, 3.05) is 0 Å². The summed E-state index contributed by atoms with van der Waals surface area (Å²) in [7, 11) is 0. The number of allylic oxidation sites excluding steroid dienone is 5. The number of rotatable bonds is 2. The van der Waals surface area contributed by atoms with Crippen LogP contribution in [0.2, 0.25) is 0 Å². The zero-order valence-corrected chi connectivity index (χ0v) is 18.5. The molecule has 24 heavy (non-hydrogen) atoms. The molecule has 1 unspecified atom stereocenters. The molecule has 1 atom stereocenters. The Morgan fingerprint density at radius 2 is 1.71 bits per heavy atom. The fraction of sp³-hybridized carbons (Fsp3) is 0.143. The van der Waals surface area contributed by atoms with E-state index < -0.39 is 0 Å². The second-order valence-corrected chi connectivity index (χ2v) is 7.77. The van der Waals surface area contributed by atoms with Crippen molar-refractivity contribution in [2.24, 2.45) is 0 Å². The van der Waals surface area contributed by atoms with Crippen LogP contribution in [0.1, 0.15) is 41.5 Å². The predicted molar refractivity (Wildman–Crippen MR) is 89.8 cm³/mol. The molecule has 4 rings (SSSR count). The molecule has 0 heterocycles. The third-order valence-electron chi connectivity index (χ3n) is 4.72. The molecule has 0 aliphatic heterocycles. The monoisotopic (exact) mass is 519 g/mol. The Morgan fingerprint density at radius 3 is 2.38 bits per heavy atom. The molecule has 0 saturated heterocycles. The Balaban J connectivity index is 0.00000104. The van der Waals surface area contributed by atoms with Crippen LogP contribution in [0.4, 0.5) is 0 Å². The average molecular weight is 519 g/mol. The topological polar surface area (TPSA) is 0 Å². The van der Waals surface area contributed by atoms with E-state index >= 15 is 0 Å². The summed E-state index contributed by atoms with van der Waals surface area (Å²) in [4.78, 5) is 0. The summed E-state index contributed by atoms with van der Waals surface area (Å²) in [5.74, 6) is 0.500. The minimum absolute atomic E-state index is 0. The van der Waals surface area contributed by atoms with E-state index in [1.165, 1.54) is 27.8 Å². The van der Waals surface area contributed by atoms with Gasteiger partial charge in [0, 0.05) is 0 Å². The molecule has 0 fully saturated rings. The Bertz CT molecular complexity index is 832. The van der Waals surface area contributed by atoms with Crippen LogP contribution in [0, 0.1) is 0 Å². The molecule has 119 valence electrons. The first kappa shape index (κ1) is 19.4. The van der Waals surface area contributed by atoms with E-state index in [0.717, 1.165) is 30.8 Å². The van der Waals surface area contributed by atoms with Gasteiger partial charge in [-0.1, -0.05) is 0 Å². The van der Waals surface area contributed by atoms with Crippen LogP contribution < -0.4 is 24.8 Å². The van der Waals surface area contributed by atoms with Gasteiger partial charge in [-0.15, -0.1) is 0 Å². The van der Waals surface area contributed by atoms with Crippen LogP contribution in [-0.4, -0.2) is 0 Å². The van der Waals surface area contributed by atoms with Gasteiger partial charge in [-0.05, 0) is 0 Å². The van der Waals surface area contributed by atoms with Gasteiger partial charge in [-0.2, -0.15) is 0 Å². The van der Waals surface area contributed by atoms with Gasteiger partial charge in [-0.3, -0.25) is 0 Å². The van der Waals surface area contributed by atoms with Crippen molar-refractivity contribution in [2.45, 2.75) is 19.3 Å². The van der Waals surface area contributed by atoms with Crippen molar-refractivity contribution in [1.29, 1.82) is 0 Å². The second-order valence-electron chi connectivity index (χ2n) is 5.97. The molecule has 3 heteroatoms. The first-order valence-electron chi connectivity index (χ1n) is 7.78. The van der Waals surface area contributed by atoms with Crippen molar-refractivity contribution in [3.05, 3.63) is 89.0 Å². The van der Waals surface area contributed by atoms with Gasteiger partial charge in [0.25, 0.3) is 0 Å². The van der Waals surface area contributed by atoms with Gasteiger partial charge < -0.3 is 24.8 Å². The number of hydrogen-bond acceptors (Lipinski definition) is 0. The summed E-state index contributed by atoms with van der Waals surface area (Å²) in [6.45, 7) is 2.36. The summed E-state index contributed by atoms with van der Waals surface area (Å²) in [6.07, 6.45) is 7.78. The molecule has 2 aliphatic carbocycles. The fourth-order valence-electron chi connectivity index (χ4n) is 3.64. The van der Waals surface area contributed by atoms with E-state index in [0.29, 0.717) is 5.92 Å². The Morgan fingerprint density at radius 1 is 0.958 bits per heavy atom. The van der Waals surface area contributed by atoms with E-state index in [-0.39, 0.29) is 24.8 Å². The third kappa shape index (κ3) is 3.14. The molecule has 0 spiro atoms. The SMILES string of the molecule is CC1C(c2ccccc2)=[C]([Hf+2])c2c(C3=CC=CC3)cccc21.[Cl-].[Cl-]. The second kappa shape index (κ2) is 7.99. The van der Waals surface area contributed by atoms with Crippen LogP contribution in [0.3, 0.4) is 0 Å². The minimum atomic E-state index is 0. The van der Waals surface area contributed by atoms with Gasteiger partial charge in [0.2, 0.25) is 0 Å². The molecule has 0 nitrogen and oxygen atoms in total. The summed E-state index contributed by atoms with van der Waals surface area (Å²) in [5.41, 5.74) is 8.88. The molecule has 0 bridgehead atoms. The summed E-state index contributed by atoms with van der Waals surface area (Å²) >= 11 is 1.09. The molecule has 0 radical (unpaired) electrons. The maximum absolute atomic E-state index is 2.36. The smallest absolute Gasteiger partial charge is 1.00 e. The number of benzene rings is 2. The third-order valence-corrected chi connectivity index (χ3v) is 6.58. The molecule has 0 amide bonds. The first-order valence-corrected chi connectivity index (χ1v) is 9.57. The zero-order valence-electron chi connectivity index (χ0n) is 13.4. The molecule has 2 aromatic rings. The molecule has 0 saturated carbocycles. The maximum atomic E-state index is 2.36. The summed E-state index contributed by atoms with van der Waals surface area (Å²) < 4.78 is 1.58. The molecular weight excluding hydrogens is 502 g/mol. The summed E-state index contributed by atoms with van der Waals surface area (Å²) in [6, 6.07) is 17.8. The van der Waals surface area contributed by atoms with Crippen molar-refractivity contribution >= 4 is 14.5 Å². The minimum Gasteiger partial charge on any atom is -1.00 e. The van der Waals surface area contributed by atoms with Gasteiger partial charge in [0.1, 0.15) is 0 Å². The van der Waals surface area contributed by atoms with Crippen LogP contribution in [-0.2, 0) is 24.4 Å². The normalized spacial score (nSPS) is 18.0. The standard InChI is InChI=1S/C21H17.2ClH.Hf/c1-15-18-12-7-13-19(16-10-5-6-11-16)21(18)14-20(15)17-8-3-2-4-9-17;;;/h2-10,12-13,15H,11H2,1H3;2*1H;/q;;;+2/p-2. The largest absolute Gasteiger partial charge is 1.00 e. The zero-order chi connectivity index (χ0) is 15.1. The Kier molecular flexibility index (Phi) is 6.47. The van der Waals surface area contributed by atoms with Crippen molar-refractivity contribution in [3.8, 4) is 0 Å².